The molecule has 0 aliphatic rings. The molecule has 0 radical (unpaired) electrons. The molecule has 1 aromatic carbocycles. The van der Waals surface area contributed by atoms with Crippen molar-refractivity contribution in [3.63, 3.8) is 0 Å². The maximum absolute atomic E-state index is 9.61. The van der Waals surface area contributed by atoms with Crippen molar-refractivity contribution in [3.8, 4) is 11.5 Å². The van der Waals surface area contributed by atoms with Crippen LogP contribution in [0.4, 0.5) is 0 Å². The Balaban J connectivity index is 2.95. The lowest BCUT2D eigenvalue weighted by Crippen LogP contribution is -1.90. The quantitative estimate of drug-likeness (QED) is 0.746. The molecule has 0 aliphatic heterocycles. The predicted octanol–water partition coefficient (Wildman–Crippen LogP) is 1.95. The van der Waals surface area contributed by atoms with Gasteiger partial charge < -0.3 is 19.7 Å². The number of rotatable bonds is 4. The molecule has 4 heteroatoms. The zero-order valence-corrected chi connectivity index (χ0v) is 8.73. The van der Waals surface area contributed by atoms with E-state index in [1.165, 1.54) is 19.3 Å². The Morgan fingerprint density at radius 2 is 2.13 bits per heavy atom. The maximum Gasteiger partial charge on any atom is 0.161 e. The summed E-state index contributed by atoms with van der Waals surface area (Å²) in [7, 11) is 3.00. The molecule has 1 aromatic rings. The van der Waals surface area contributed by atoms with Crippen molar-refractivity contribution in [2.24, 2.45) is 0 Å². The van der Waals surface area contributed by atoms with Gasteiger partial charge in [-0.2, -0.15) is 0 Å². The van der Waals surface area contributed by atoms with Gasteiger partial charge in [-0.25, -0.2) is 0 Å². The minimum atomic E-state index is 0.0424. The molecule has 15 heavy (non-hydrogen) atoms. The van der Waals surface area contributed by atoms with Crippen LogP contribution in [0.1, 0.15) is 5.56 Å². The van der Waals surface area contributed by atoms with Crippen molar-refractivity contribution in [3.05, 3.63) is 29.8 Å². The van der Waals surface area contributed by atoms with Crippen LogP contribution in [0, 0.1) is 0 Å². The van der Waals surface area contributed by atoms with Crippen LogP contribution in [0.3, 0.4) is 0 Å². The summed E-state index contributed by atoms with van der Waals surface area (Å²) in [6.45, 7) is 0.328. The third kappa shape index (κ3) is 2.89. The smallest absolute Gasteiger partial charge is 0.161 e. The van der Waals surface area contributed by atoms with Gasteiger partial charge >= 0.3 is 0 Å². The summed E-state index contributed by atoms with van der Waals surface area (Å²) >= 11 is 0. The van der Waals surface area contributed by atoms with Gasteiger partial charge in [-0.1, -0.05) is 0 Å². The van der Waals surface area contributed by atoms with E-state index in [-0.39, 0.29) is 11.5 Å². The number of hydrogen-bond donors (Lipinski definition) is 2. The summed E-state index contributed by atoms with van der Waals surface area (Å²) in [4.78, 5) is 0. The second-order valence-electron chi connectivity index (χ2n) is 2.93. The molecule has 0 bridgehead atoms. The van der Waals surface area contributed by atoms with Crippen molar-refractivity contribution in [1.82, 2.24) is 0 Å². The number of phenols is 1. The van der Waals surface area contributed by atoms with Gasteiger partial charge in [0.2, 0.25) is 0 Å². The average molecular weight is 210 g/mol. The van der Waals surface area contributed by atoms with E-state index in [1.807, 2.05) is 0 Å². The van der Waals surface area contributed by atoms with Crippen molar-refractivity contribution in [1.29, 1.82) is 0 Å². The molecule has 82 valence electrons. The lowest BCUT2D eigenvalue weighted by atomic mass is 10.1. The van der Waals surface area contributed by atoms with Gasteiger partial charge in [0.05, 0.1) is 13.7 Å². The fourth-order valence-corrected chi connectivity index (χ4v) is 1.12. The zero-order chi connectivity index (χ0) is 11.3. The highest BCUT2D eigenvalue weighted by molar-refractivity contribution is 5.62. The highest BCUT2D eigenvalue weighted by atomic mass is 16.5. The minimum absolute atomic E-state index is 0.0424. The lowest BCUT2D eigenvalue weighted by Gasteiger charge is -2.06. The highest BCUT2D eigenvalue weighted by Gasteiger charge is 2.05. The number of hydrogen-bond acceptors (Lipinski definition) is 4. The molecule has 0 aromatic heterocycles. The fourth-order valence-electron chi connectivity index (χ4n) is 1.12. The SMILES string of the molecule is COCC=C(O)c1ccc(O)c(OC)c1. The van der Waals surface area contributed by atoms with Crippen LogP contribution in [0.15, 0.2) is 24.3 Å². The van der Waals surface area contributed by atoms with Crippen LogP contribution in [0.2, 0.25) is 0 Å². The van der Waals surface area contributed by atoms with Gasteiger partial charge in [-0.05, 0) is 24.3 Å². The van der Waals surface area contributed by atoms with Gasteiger partial charge in [-0.15, -0.1) is 0 Å². The van der Waals surface area contributed by atoms with Gasteiger partial charge in [0.25, 0.3) is 0 Å². The van der Waals surface area contributed by atoms with E-state index in [0.29, 0.717) is 17.9 Å². The number of aliphatic hydroxyl groups is 1. The van der Waals surface area contributed by atoms with E-state index in [0.717, 1.165) is 0 Å². The van der Waals surface area contributed by atoms with Crippen LogP contribution in [0.5, 0.6) is 11.5 Å². The molecule has 2 N–H and O–H groups in total. The van der Waals surface area contributed by atoms with Crippen LogP contribution < -0.4 is 4.74 Å². The summed E-state index contributed by atoms with van der Waals surface area (Å²) in [5, 5.41) is 18.9. The van der Waals surface area contributed by atoms with E-state index in [4.69, 9.17) is 9.47 Å². The Morgan fingerprint density at radius 1 is 1.40 bits per heavy atom. The van der Waals surface area contributed by atoms with Crippen molar-refractivity contribution >= 4 is 5.76 Å². The molecule has 0 fully saturated rings. The summed E-state index contributed by atoms with van der Waals surface area (Å²) in [5.41, 5.74) is 0.571. The van der Waals surface area contributed by atoms with Crippen LogP contribution in [0.25, 0.3) is 5.76 Å². The monoisotopic (exact) mass is 210 g/mol. The molecule has 0 saturated carbocycles. The second-order valence-corrected chi connectivity index (χ2v) is 2.93. The number of methoxy groups -OCH3 is 2. The van der Waals surface area contributed by atoms with E-state index in [9.17, 15) is 10.2 Å². The minimum Gasteiger partial charge on any atom is -0.508 e. The third-order valence-corrected chi connectivity index (χ3v) is 1.92. The molecule has 0 amide bonds. The van der Waals surface area contributed by atoms with Crippen molar-refractivity contribution in [2.45, 2.75) is 0 Å². The predicted molar refractivity (Wildman–Crippen MR) is 57.1 cm³/mol. The van der Waals surface area contributed by atoms with Crippen LogP contribution in [-0.4, -0.2) is 31.0 Å². The average Bonchev–Trinajstić information content (AvgIpc) is 2.26. The molecule has 1 rings (SSSR count). The Hall–Kier alpha value is -1.68. The topological polar surface area (TPSA) is 58.9 Å². The van der Waals surface area contributed by atoms with Gasteiger partial charge in [0.1, 0.15) is 5.76 Å². The zero-order valence-electron chi connectivity index (χ0n) is 8.73. The van der Waals surface area contributed by atoms with Gasteiger partial charge in [0, 0.05) is 12.7 Å². The Labute approximate surface area is 88.4 Å². The molecule has 0 spiro atoms. The molecular formula is C11H14O4. The number of ether oxygens (including phenoxy) is 2. The molecule has 4 nitrogen and oxygen atoms in total. The Morgan fingerprint density at radius 3 is 2.73 bits per heavy atom. The first-order valence-corrected chi connectivity index (χ1v) is 4.44. The maximum atomic E-state index is 9.61. The summed E-state index contributed by atoms with van der Waals surface area (Å²) in [6, 6.07) is 4.61. The Kier molecular flexibility index (Phi) is 4.00. The highest BCUT2D eigenvalue weighted by Crippen LogP contribution is 2.28. The molecule has 0 saturated heterocycles. The van der Waals surface area contributed by atoms with Crippen molar-refractivity contribution in [2.75, 3.05) is 20.8 Å². The molecular weight excluding hydrogens is 196 g/mol. The molecule has 0 unspecified atom stereocenters. The van der Waals surface area contributed by atoms with E-state index >= 15 is 0 Å². The summed E-state index contributed by atoms with van der Waals surface area (Å²) in [5.74, 6) is 0.459. The second kappa shape index (κ2) is 5.26. The fraction of sp³-hybridized carbons (Fsp3) is 0.273. The normalized spacial score (nSPS) is 11.5. The number of phenolic OH excluding ortho intramolecular Hbond substituents is 1. The lowest BCUT2D eigenvalue weighted by molar-refractivity contribution is 0.232. The summed E-state index contributed by atoms with van der Waals surface area (Å²) < 4.78 is 9.72. The first-order valence-electron chi connectivity index (χ1n) is 4.44. The molecule has 0 heterocycles. The summed E-state index contributed by atoms with van der Waals surface area (Å²) in [6.07, 6.45) is 1.53. The number of benzene rings is 1. The van der Waals surface area contributed by atoms with Crippen LogP contribution >= 0.6 is 0 Å². The first kappa shape index (κ1) is 11.4. The Bertz CT molecular complexity index is 358. The molecule has 0 atom stereocenters. The van der Waals surface area contributed by atoms with Crippen LogP contribution in [-0.2, 0) is 4.74 Å². The van der Waals surface area contributed by atoms with E-state index in [1.54, 1.807) is 19.2 Å². The number of aromatic hydroxyl groups is 1. The standard InChI is InChI=1S/C11H14O4/c1-14-6-5-9(12)8-3-4-10(13)11(7-8)15-2/h3-5,7,12-13H,6H2,1-2H3. The van der Waals surface area contributed by atoms with Crippen molar-refractivity contribution < 1.29 is 19.7 Å². The third-order valence-electron chi connectivity index (χ3n) is 1.92. The first-order chi connectivity index (χ1) is 7.19. The van der Waals surface area contributed by atoms with E-state index in [2.05, 4.69) is 0 Å². The largest absolute Gasteiger partial charge is 0.508 e. The van der Waals surface area contributed by atoms with E-state index < -0.39 is 0 Å². The number of aliphatic hydroxyl groups excluding tert-OH is 1. The van der Waals surface area contributed by atoms with Gasteiger partial charge in [0.15, 0.2) is 11.5 Å². The van der Waals surface area contributed by atoms with Gasteiger partial charge in [-0.3, -0.25) is 0 Å². The molecule has 0 aliphatic carbocycles.